The second kappa shape index (κ2) is 6.81. The van der Waals surface area contributed by atoms with E-state index in [1.54, 1.807) is 6.07 Å². The molecule has 90 valence electrons. The van der Waals surface area contributed by atoms with Gasteiger partial charge in [0.2, 0.25) is 0 Å². The molecule has 0 saturated heterocycles. The maximum atomic E-state index is 13.3. The van der Waals surface area contributed by atoms with Crippen molar-refractivity contribution in [1.29, 1.82) is 0 Å². The Morgan fingerprint density at radius 2 is 2.31 bits per heavy atom. The fourth-order valence-corrected chi connectivity index (χ4v) is 1.50. The van der Waals surface area contributed by atoms with E-state index >= 15 is 0 Å². The third kappa shape index (κ3) is 4.45. The Labute approximate surface area is 99.2 Å². The minimum atomic E-state index is -0.591. The monoisotopic (exact) mass is 247 g/mol. The summed E-state index contributed by atoms with van der Waals surface area (Å²) in [7, 11) is 1.51. The summed E-state index contributed by atoms with van der Waals surface area (Å²) in [6.45, 7) is 0.929. The third-order valence-corrected chi connectivity index (χ3v) is 2.30. The number of aliphatic hydroxyl groups excluding tert-OH is 1. The first kappa shape index (κ1) is 13.4. The number of methoxy groups -OCH3 is 1. The zero-order chi connectivity index (χ0) is 12.0. The molecule has 0 amide bonds. The van der Waals surface area contributed by atoms with Gasteiger partial charge >= 0.3 is 0 Å². The summed E-state index contributed by atoms with van der Waals surface area (Å²) in [5.74, 6) is -0.307. The highest BCUT2D eigenvalue weighted by Crippen LogP contribution is 2.14. The maximum absolute atomic E-state index is 13.3. The standard InChI is InChI=1S/C11H15ClFNO2/c1-16-7-10(15)6-14-5-8-4-9(12)2-3-11(8)13/h2-4,10,14-15H,5-7H2,1H3. The SMILES string of the molecule is COCC(O)CNCc1cc(Cl)ccc1F. The summed E-state index contributed by atoms with van der Waals surface area (Å²) < 4.78 is 18.0. The lowest BCUT2D eigenvalue weighted by Crippen LogP contribution is -2.29. The van der Waals surface area contributed by atoms with E-state index in [0.29, 0.717) is 23.7 Å². The Bertz CT molecular complexity index is 336. The van der Waals surface area contributed by atoms with Crippen LogP contribution in [-0.2, 0) is 11.3 Å². The summed E-state index contributed by atoms with van der Waals surface area (Å²) in [4.78, 5) is 0. The van der Waals surface area contributed by atoms with Gasteiger partial charge in [-0.2, -0.15) is 0 Å². The number of nitrogens with one attached hydrogen (secondary N) is 1. The molecule has 0 aliphatic heterocycles. The van der Waals surface area contributed by atoms with Crippen LogP contribution in [0.15, 0.2) is 18.2 Å². The lowest BCUT2D eigenvalue weighted by molar-refractivity contribution is 0.0643. The number of rotatable bonds is 6. The van der Waals surface area contributed by atoms with Crippen molar-refractivity contribution >= 4 is 11.6 Å². The van der Waals surface area contributed by atoms with Crippen LogP contribution in [0.2, 0.25) is 5.02 Å². The van der Waals surface area contributed by atoms with Gasteiger partial charge in [-0.05, 0) is 18.2 Å². The van der Waals surface area contributed by atoms with Crippen LogP contribution in [0.5, 0.6) is 0 Å². The molecule has 0 bridgehead atoms. The van der Waals surface area contributed by atoms with Gasteiger partial charge in [0.1, 0.15) is 5.82 Å². The Balaban J connectivity index is 2.39. The molecule has 1 unspecified atom stereocenters. The summed E-state index contributed by atoms with van der Waals surface area (Å²) in [6, 6.07) is 4.39. The van der Waals surface area contributed by atoms with Gasteiger partial charge in [-0.3, -0.25) is 0 Å². The Hall–Kier alpha value is -0.680. The molecular formula is C11H15ClFNO2. The van der Waals surface area contributed by atoms with Crippen molar-refractivity contribution in [3.05, 3.63) is 34.6 Å². The molecule has 1 rings (SSSR count). The van der Waals surface area contributed by atoms with Gasteiger partial charge in [-0.25, -0.2) is 4.39 Å². The van der Waals surface area contributed by atoms with Crippen LogP contribution in [0.4, 0.5) is 4.39 Å². The van der Waals surface area contributed by atoms with Crippen LogP contribution < -0.4 is 5.32 Å². The van der Waals surface area contributed by atoms with E-state index in [2.05, 4.69) is 5.32 Å². The summed E-state index contributed by atoms with van der Waals surface area (Å²) in [5.41, 5.74) is 0.483. The van der Waals surface area contributed by atoms with Gasteiger partial charge in [0.05, 0.1) is 12.7 Å². The lowest BCUT2D eigenvalue weighted by atomic mass is 10.2. The quantitative estimate of drug-likeness (QED) is 0.802. The molecule has 1 aromatic carbocycles. The molecule has 0 aliphatic rings. The zero-order valence-electron chi connectivity index (χ0n) is 9.04. The first-order valence-corrected chi connectivity index (χ1v) is 5.33. The van der Waals surface area contributed by atoms with E-state index < -0.39 is 6.10 Å². The topological polar surface area (TPSA) is 41.5 Å². The van der Waals surface area contributed by atoms with Crippen LogP contribution in [0.25, 0.3) is 0 Å². The molecular weight excluding hydrogens is 233 g/mol. The minimum Gasteiger partial charge on any atom is -0.389 e. The van der Waals surface area contributed by atoms with Gasteiger partial charge < -0.3 is 15.2 Å². The van der Waals surface area contributed by atoms with Crippen LogP contribution in [0.3, 0.4) is 0 Å². The molecule has 1 atom stereocenters. The summed E-state index contributed by atoms with van der Waals surface area (Å²) in [6.07, 6.45) is -0.591. The van der Waals surface area contributed by atoms with Crippen molar-refractivity contribution in [2.75, 3.05) is 20.3 Å². The molecule has 5 heteroatoms. The van der Waals surface area contributed by atoms with Crippen LogP contribution >= 0.6 is 11.6 Å². The third-order valence-electron chi connectivity index (χ3n) is 2.06. The molecule has 0 aliphatic carbocycles. The molecule has 0 spiro atoms. The Morgan fingerprint density at radius 1 is 1.56 bits per heavy atom. The average molecular weight is 248 g/mol. The number of benzene rings is 1. The number of halogens is 2. The van der Waals surface area contributed by atoms with Gasteiger partial charge in [-0.15, -0.1) is 0 Å². The van der Waals surface area contributed by atoms with Crippen molar-refractivity contribution in [1.82, 2.24) is 5.32 Å². The molecule has 3 nitrogen and oxygen atoms in total. The fraction of sp³-hybridized carbons (Fsp3) is 0.455. The first-order valence-electron chi connectivity index (χ1n) is 4.95. The van der Waals surface area contributed by atoms with E-state index in [1.165, 1.54) is 19.2 Å². The smallest absolute Gasteiger partial charge is 0.127 e. The van der Waals surface area contributed by atoms with E-state index in [0.717, 1.165) is 0 Å². The lowest BCUT2D eigenvalue weighted by Gasteiger charge is -2.11. The van der Waals surface area contributed by atoms with Crippen molar-refractivity contribution in [2.45, 2.75) is 12.6 Å². The fourth-order valence-electron chi connectivity index (χ4n) is 1.30. The number of hydrogen-bond donors (Lipinski definition) is 2. The molecule has 0 heterocycles. The normalized spacial score (nSPS) is 12.8. The van der Waals surface area contributed by atoms with Crippen molar-refractivity contribution in [3.8, 4) is 0 Å². The van der Waals surface area contributed by atoms with E-state index in [9.17, 15) is 9.50 Å². The van der Waals surface area contributed by atoms with Crippen molar-refractivity contribution in [3.63, 3.8) is 0 Å². The highest BCUT2D eigenvalue weighted by molar-refractivity contribution is 6.30. The van der Waals surface area contributed by atoms with Gasteiger partial charge in [0, 0.05) is 30.8 Å². The molecule has 16 heavy (non-hydrogen) atoms. The molecule has 1 aromatic rings. The zero-order valence-corrected chi connectivity index (χ0v) is 9.80. The van der Waals surface area contributed by atoms with Gasteiger partial charge in [-0.1, -0.05) is 11.6 Å². The Kier molecular flexibility index (Phi) is 5.69. The van der Waals surface area contributed by atoms with Crippen LogP contribution in [0.1, 0.15) is 5.56 Å². The van der Waals surface area contributed by atoms with E-state index in [4.69, 9.17) is 16.3 Å². The molecule has 0 radical (unpaired) electrons. The van der Waals surface area contributed by atoms with E-state index in [1.807, 2.05) is 0 Å². The van der Waals surface area contributed by atoms with Gasteiger partial charge in [0.15, 0.2) is 0 Å². The highest BCUT2D eigenvalue weighted by Gasteiger charge is 2.05. The summed E-state index contributed by atoms with van der Waals surface area (Å²) >= 11 is 5.74. The molecule has 0 aromatic heterocycles. The number of ether oxygens (including phenoxy) is 1. The minimum absolute atomic E-state index is 0.255. The van der Waals surface area contributed by atoms with Crippen molar-refractivity contribution in [2.24, 2.45) is 0 Å². The molecule has 0 saturated carbocycles. The average Bonchev–Trinajstić information content (AvgIpc) is 2.23. The van der Waals surface area contributed by atoms with Gasteiger partial charge in [0.25, 0.3) is 0 Å². The second-order valence-corrected chi connectivity index (χ2v) is 3.91. The van der Waals surface area contributed by atoms with Crippen LogP contribution in [-0.4, -0.2) is 31.5 Å². The second-order valence-electron chi connectivity index (χ2n) is 3.48. The highest BCUT2D eigenvalue weighted by atomic mass is 35.5. The van der Waals surface area contributed by atoms with Crippen molar-refractivity contribution < 1.29 is 14.2 Å². The molecule has 0 fully saturated rings. The number of hydrogen-bond acceptors (Lipinski definition) is 3. The predicted octanol–water partition coefficient (Wildman–Crippen LogP) is 1.58. The van der Waals surface area contributed by atoms with Crippen LogP contribution in [0, 0.1) is 5.82 Å². The first-order chi connectivity index (χ1) is 7.63. The Morgan fingerprint density at radius 3 is 3.00 bits per heavy atom. The van der Waals surface area contributed by atoms with E-state index in [-0.39, 0.29) is 12.4 Å². The number of aliphatic hydroxyl groups is 1. The molecule has 2 N–H and O–H groups in total. The largest absolute Gasteiger partial charge is 0.389 e. The summed E-state index contributed by atoms with van der Waals surface area (Å²) in [5, 5.41) is 12.8. The predicted molar refractivity (Wildman–Crippen MR) is 61.0 cm³/mol. The maximum Gasteiger partial charge on any atom is 0.127 e.